The molecule has 128 valence electrons. The molecule has 0 radical (unpaired) electrons. The summed E-state index contributed by atoms with van der Waals surface area (Å²) in [4.78, 5) is 24.7. The maximum atomic E-state index is 12.6. The third-order valence-electron chi connectivity index (χ3n) is 4.27. The topological polar surface area (TPSA) is 70.6 Å². The predicted molar refractivity (Wildman–Crippen MR) is 100 cm³/mol. The molecular formula is C19H18BrN3O2. The van der Waals surface area contributed by atoms with Gasteiger partial charge in [0, 0.05) is 16.9 Å². The highest BCUT2D eigenvalue weighted by Crippen LogP contribution is 2.29. The number of halogens is 1. The minimum atomic E-state index is -0.776. The maximum absolute atomic E-state index is 12.6. The van der Waals surface area contributed by atoms with Crippen LogP contribution in [0.15, 0.2) is 64.2 Å². The number of hydrazone groups is 1. The first-order valence-corrected chi connectivity index (χ1v) is 8.78. The van der Waals surface area contributed by atoms with E-state index in [1.807, 2.05) is 61.5 Å². The summed E-state index contributed by atoms with van der Waals surface area (Å²) in [7, 11) is 0. The Kier molecular flexibility index (Phi) is 5.28. The van der Waals surface area contributed by atoms with Gasteiger partial charge in [-0.05, 0) is 30.2 Å². The molecule has 1 saturated heterocycles. The van der Waals surface area contributed by atoms with Crippen molar-refractivity contribution in [3.05, 3.63) is 70.2 Å². The van der Waals surface area contributed by atoms with Crippen LogP contribution in [-0.2, 0) is 9.59 Å². The molecule has 0 spiro atoms. The number of nitrogens with one attached hydrogen (secondary N) is 2. The van der Waals surface area contributed by atoms with Gasteiger partial charge in [-0.1, -0.05) is 58.4 Å². The SMILES string of the molecule is C/C(=N\NC(=O)[C@H]1C(=O)NC[C@H]1c1ccccc1)c1cccc(Br)c1. The molecule has 2 atom stereocenters. The minimum Gasteiger partial charge on any atom is -0.355 e. The van der Waals surface area contributed by atoms with E-state index in [0.717, 1.165) is 15.6 Å². The molecule has 25 heavy (non-hydrogen) atoms. The van der Waals surface area contributed by atoms with Crippen LogP contribution in [0.5, 0.6) is 0 Å². The van der Waals surface area contributed by atoms with Crippen molar-refractivity contribution in [3.8, 4) is 0 Å². The number of benzene rings is 2. The van der Waals surface area contributed by atoms with Gasteiger partial charge in [0.05, 0.1) is 5.71 Å². The highest BCUT2D eigenvalue weighted by molar-refractivity contribution is 9.10. The van der Waals surface area contributed by atoms with Crippen LogP contribution in [0.4, 0.5) is 0 Å². The molecule has 0 unspecified atom stereocenters. The third-order valence-corrected chi connectivity index (χ3v) is 4.76. The molecule has 1 heterocycles. The number of nitrogens with zero attached hydrogens (tertiary/aromatic N) is 1. The Balaban J connectivity index is 1.75. The first kappa shape index (κ1) is 17.4. The van der Waals surface area contributed by atoms with Gasteiger partial charge in [0.2, 0.25) is 5.91 Å². The summed E-state index contributed by atoms with van der Waals surface area (Å²) in [5, 5.41) is 6.93. The van der Waals surface area contributed by atoms with E-state index in [2.05, 4.69) is 31.8 Å². The molecule has 3 rings (SSSR count). The first-order valence-electron chi connectivity index (χ1n) is 7.99. The number of carbonyl (C=O) groups excluding carboxylic acids is 2. The van der Waals surface area contributed by atoms with Crippen LogP contribution >= 0.6 is 15.9 Å². The Morgan fingerprint density at radius 1 is 1.20 bits per heavy atom. The lowest BCUT2D eigenvalue weighted by Crippen LogP contribution is -2.35. The second-order valence-electron chi connectivity index (χ2n) is 5.92. The van der Waals surface area contributed by atoms with Crippen LogP contribution < -0.4 is 10.7 Å². The van der Waals surface area contributed by atoms with Crippen molar-refractivity contribution in [1.82, 2.24) is 10.7 Å². The Labute approximate surface area is 154 Å². The predicted octanol–water partition coefficient (Wildman–Crippen LogP) is 2.82. The number of hydrogen-bond acceptors (Lipinski definition) is 3. The fourth-order valence-corrected chi connectivity index (χ4v) is 3.32. The first-order chi connectivity index (χ1) is 12.1. The van der Waals surface area contributed by atoms with Crippen molar-refractivity contribution in [2.75, 3.05) is 6.54 Å². The van der Waals surface area contributed by atoms with Crippen LogP contribution in [0.3, 0.4) is 0 Å². The molecule has 2 N–H and O–H groups in total. The summed E-state index contributed by atoms with van der Waals surface area (Å²) < 4.78 is 0.935. The van der Waals surface area contributed by atoms with Crippen LogP contribution in [0.2, 0.25) is 0 Å². The fourth-order valence-electron chi connectivity index (χ4n) is 2.92. The molecule has 2 aromatic carbocycles. The number of amides is 2. The van der Waals surface area contributed by atoms with Gasteiger partial charge < -0.3 is 5.32 Å². The fraction of sp³-hybridized carbons (Fsp3) is 0.211. The molecule has 0 bridgehead atoms. The van der Waals surface area contributed by atoms with Crippen molar-refractivity contribution in [1.29, 1.82) is 0 Å². The Hall–Kier alpha value is -2.47. The van der Waals surface area contributed by atoms with E-state index in [9.17, 15) is 9.59 Å². The van der Waals surface area contributed by atoms with E-state index >= 15 is 0 Å². The monoisotopic (exact) mass is 399 g/mol. The van der Waals surface area contributed by atoms with Gasteiger partial charge in [-0.15, -0.1) is 0 Å². The molecule has 0 saturated carbocycles. The highest BCUT2D eigenvalue weighted by atomic mass is 79.9. The second-order valence-corrected chi connectivity index (χ2v) is 6.84. The van der Waals surface area contributed by atoms with Crippen LogP contribution in [0.1, 0.15) is 24.0 Å². The van der Waals surface area contributed by atoms with Gasteiger partial charge >= 0.3 is 0 Å². The quantitative estimate of drug-likeness (QED) is 0.471. The van der Waals surface area contributed by atoms with Crippen LogP contribution in [0.25, 0.3) is 0 Å². The molecule has 1 aliphatic heterocycles. The zero-order valence-corrected chi connectivity index (χ0v) is 15.3. The molecule has 0 aromatic heterocycles. The Bertz CT molecular complexity index is 820. The minimum absolute atomic E-state index is 0.185. The second kappa shape index (κ2) is 7.61. The van der Waals surface area contributed by atoms with E-state index in [0.29, 0.717) is 12.3 Å². The molecule has 6 heteroatoms. The lowest BCUT2D eigenvalue weighted by atomic mass is 9.88. The molecule has 5 nitrogen and oxygen atoms in total. The molecule has 2 amide bonds. The van der Waals surface area contributed by atoms with Crippen molar-refractivity contribution >= 4 is 33.5 Å². The third kappa shape index (κ3) is 3.96. The average molecular weight is 400 g/mol. The molecule has 0 aliphatic carbocycles. The number of carbonyl (C=O) groups is 2. The Morgan fingerprint density at radius 3 is 2.68 bits per heavy atom. The smallest absolute Gasteiger partial charge is 0.253 e. The van der Waals surface area contributed by atoms with E-state index in [1.54, 1.807) is 0 Å². The molecule has 2 aromatic rings. The standard InChI is InChI=1S/C19H18BrN3O2/c1-12(14-8-5-9-15(20)10-14)22-23-19(25)17-16(11-21-18(17)24)13-6-3-2-4-7-13/h2-10,16-17H,11H2,1H3,(H,21,24)(H,23,25)/b22-12+/t16-,17+/m0/s1. The van der Waals surface area contributed by atoms with E-state index in [-0.39, 0.29) is 11.8 Å². The van der Waals surface area contributed by atoms with Crippen molar-refractivity contribution < 1.29 is 9.59 Å². The lowest BCUT2D eigenvalue weighted by Gasteiger charge is -2.15. The summed E-state index contributed by atoms with van der Waals surface area (Å²) in [6.45, 7) is 2.26. The van der Waals surface area contributed by atoms with Crippen LogP contribution in [-0.4, -0.2) is 24.1 Å². The normalized spacial score (nSPS) is 20.2. The zero-order valence-electron chi connectivity index (χ0n) is 13.7. The van der Waals surface area contributed by atoms with Crippen LogP contribution in [0, 0.1) is 5.92 Å². The summed E-state index contributed by atoms with van der Waals surface area (Å²) in [6, 6.07) is 17.2. The average Bonchev–Trinajstić information content (AvgIpc) is 3.02. The van der Waals surface area contributed by atoms with Crippen molar-refractivity contribution in [3.63, 3.8) is 0 Å². The summed E-state index contributed by atoms with van der Waals surface area (Å²) >= 11 is 3.41. The van der Waals surface area contributed by atoms with E-state index in [1.165, 1.54) is 0 Å². The highest BCUT2D eigenvalue weighted by Gasteiger charge is 2.40. The van der Waals surface area contributed by atoms with Crippen molar-refractivity contribution in [2.45, 2.75) is 12.8 Å². The maximum Gasteiger partial charge on any atom is 0.253 e. The summed E-state index contributed by atoms with van der Waals surface area (Å²) in [5.41, 5.74) is 5.08. The van der Waals surface area contributed by atoms with Gasteiger partial charge in [0.1, 0.15) is 5.92 Å². The van der Waals surface area contributed by atoms with E-state index < -0.39 is 11.8 Å². The van der Waals surface area contributed by atoms with Gasteiger partial charge in [0.25, 0.3) is 5.91 Å². The summed E-state index contributed by atoms with van der Waals surface area (Å²) in [6.07, 6.45) is 0. The number of hydrogen-bond donors (Lipinski definition) is 2. The van der Waals surface area contributed by atoms with Gasteiger partial charge in [-0.25, -0.2) is 5.43 Å². The zero-order chi connectivity index (χ0) is 17.8. The lowest BCUT2D eigenvalue weighted by molar-refractivity contribution is -0.133. The molecule has 1 aliphatic rings. The van der Waals surface area contributed by atoms with Gasteiger partial charge in [-0.2, -0.15) is 5.10 Å². The largest absolute Gasteiger partial charge is 0.355 e. The van der Waals surface area contributed by atoms with Gasteiger partial charge in [-0.3, -0.25) is 9.59 Å². The van der Waals surface area contributed by atoms with Crippen molar-refractivity contribution in [2.24, 2.45) is 11.0 Å². The number of rotatable bonds is 4. The van der Waals surface area contributed by atoms with E-state index in [4.69, 9.17) is 0 Å². The molecular weight excluding hydrogens is 382 g/mol. The Morgan fingerprint density at radius 2 is 1.96 bits per heavy atom. The summed E-state index contributed by atoms with van der Waals surface area (Å²) in [5.74, 6) is -1.61. The molecule has 1 fully saturated rings. The van der Waals surface area contributed by atoms with Gasteiger partial charge in [0.15, 0.2) is 0 Å².